The van der Waals surface area contributed by atoms with Gasteiger partial charge < -0.3 is 20.1 Å². The number of benzene rings is 1. The minimum atomic E-state index is -0.199. The molecular weight excluding hydrogens is 272 g/mol. The summed E-state index contributed by atoms with van der Waals surface area (Å²) in [6.45, 7) is 2.63. The number of nitrogens with one attached hydrogen (secondary N) is 1. The van der Waals surface area contributed by atoms with Crippen molar-refractivity contribution in [3.63, 3.8) is 0 Å². The number of ether oxygens (including phenoxy) is 1. The Morgan fingerprint density at radius 3 is 3.10 bits per heavy atom. The molecule has 0 aromatic heterocycles. The van der Waals surface area contributed by atoms with Crippen LogP contribution in [0.2, 0.25) is 0 Å². The lowest BCUT2D eigenvalue weighted by molar-refractivity contribution is -0.118. The molecular formula is C15H18N2O4. The van der Waals surface area contributed by atoms with Gasteiger partial charge in [0.15, 0.2) is 6.61 Å². The van der Waals surface area contributed by atoms with Crippen molar-refractivity contribution < 1.29 is 19.4 Å². The van der Waals surface area contributed by atoms with Crippen LogP contribution in [0.5, 0.6) is 5.75 Å². The van der Waals surface area contributed by atoms with E-state index in [9.17, 15) is 14.7 Å². The summed E-state index contributed by atoms with van der Waals surface area (Å²) < 4.78 is 5.33. The van der Waals surface area contributed by atoms with E-state index in [1.54, 1.807) is 23.1 Å². The van der Waals surface area contributed by atoms with Gasteiger partial charge in [-0.15, -0.1) is 0 Å². The van der Waals surface area contributed by atoms with Crippen LogP contribution in [0.1, 0.15) is 23.7 Å². The highest BCUT2D eigenvalue weighted by Gasteiger charge is 2.34. The number of nitrogens with zero attached hydrogens (tertiary/aromatic N) is 1. The number of likely N-dealkylation sites (tertiary alicyclic amines) is 1. The molecule has 2 heterocycles. The first-order valence-corrected chi connectivity index (χ1v) is 7.08. The zero-order chi connectivity index (χ0) is 15.0. The number of carbonyl (C=O) groups is 2. The smallest absolute Gasteiger partial charge is 0.262 e. The fraction of sp³-hybridized carbons (Fsp3) is 0.467. The normalized spacial score (nSPS) is 24.3. The minimum Gasteiger partial charge on any atom is -0.482 e. The van der Waals surface area contributed by atoms with Gasteiger partial charge in [0.25, 0.3) is 11.8 Å². The monoisotopic (exact) mass is 290 g/mol. The van der Waals surface area contributed by atoms with Crippen LogP contribution in [-0.4, -0.2) is 47.6 Å². The van der Waals surface area contributed by atoms with Crippen LogP contribution in [-0.2, 0) is 4.79 Å². The van der Waals surface area contributed by atoms with Crippen LogP contribution >= 0.6 is 0 Å². The molecule has 1 saturated heterocycles. The molecule has 2 amide bonds. The van der Waals surface area contributed by atoms with Gasteiger partial charge in [-0.3, -0.25) is 9.59 Å². The first-order chi connectivity index (χ1) is 10.1. The third-order valence-corrected chi connectivity index (χ3v) is 4.19. The summed E-state index contributed by atoms with van der Waals surface area (Å²) in [5.41, 5.74) is 1.09. The molecule has 0 saturated carbocycles. The lowest BCUT2D eigenvalue weighted by atomic mass is 10.0. The summed E-state index contributed by atoms with van der Waals surface area (Å²) in [5, 5.41) is 12.2. The third-order valence-electron chi connectivity index (χ3n) is 4.19. The van der Waals surface area contributed by atoms with Crippen molar-refractivity contribution in [3.8, 4) is 5.75 Å². The van der Waals surface area contributed by atoms with Crippen molar-refractivity contribution in [2.24, 2.45) is 5.92 Å². The van der Waals surface area contributed by atoms with Crippen LogP contribution in [0.25, 0.3) is 0 Å². The van der Waals surface area contributed by atoms with E-state index in [0.717, 1.165) is 6.42 Å². The van der Waals surface area contributed by atoms with Gasteiger partial charge >= 0.3 is 0 Å². The average Bonchev–Trinajstić information content (AvgIpc) is 2.86. The SMILES string of the molecule is CC1CCN(C(=O)c2ccc3c(c2)OCC(=O)N3)C1CO. The third kappa shape index (κ3) is 2.47. The molecule has 112 valence electrons. The van der Waals surface area contributed by atoms with E-state index in [1.807, 2.05) is 6.92 Å². The molecule has 6 nitrogen and oxygen atoms in total. The predicted octanol–water partition coefficient (Wildman–Crippen LogP) is 0.860. The van der Waals surface area contributed by atoms with E-state index in [0.29, 0.717) is 29.5 Å². The Labute approximate surface area is 122 Å². The fourth-order valence-electron chi connectivity index (χ4n) is 2.91. The maximum atomic E-state index is 12.6. The summed E-state index contributed by atoms with van der Waals surface area (Å²) in [6.07, 6.45) is 0.897. The van der Waals surface area contributed by atoms with Crippen molar-refractivity contribution in [2.45, 2.75) is 19.4 Å². The highest BCUT2D eigenvalue weighted by Crippen LogP contribution is 2.31. The van der Waals surface area contributed by atoms with Crippen molar-refractivity contribution in [3.05, 3.63) is 23.8 Å². The molecule has 3 rings (SSSR count). The molecule has 2 N–H and O–H groups in total. The molecule has 0 bridgehead atoms. The molecule has 21 heavy (non-hydrogen) atoms. The average molecular weight is 290 g/mol. The van der Waals surface area contributed by atoms with E-state index >= 15 is 0 Å². The lowest BCUT2D eigenvalue weighted by Gasteiger charge is -2.26. The Morgan fingerprint density at radius 2 is 2.33 bits per heavy atom. The molecule has 1 aromatic rings. The van der Waals surface area contributed by atoms with E-state index in [2.05, 4.69) is 5.32 Å². The summed E-state index contributed by atoms with van der Waals surface area (Å²) in [7, 11) is 0. The molecule has 1 aromatic carbocycles. The minimum absolute atomic E-state index is 0.0234. The van der Waals surface area contributed by atoms with E-state index in [1.165, 1.54) is 0 Å². The second-order valence-corrected chi connectivity index (χ2v) is 5.56. The number of carbonyl (C=O) groups excluding carboxylic acids is 2. The number of fused-ring (bicyclic) bond motifs is 1. The number of aliphatic hydroxyl groups excluding tert-OH is 1. The molecule has 2 atom stereocenters. The van der Waals surface area contributed by atoms with Gasteiger partial charge in [-0.25, -0.2) is 0 Å². The fourth-order valence-corrected chi connectivity index (χ4v) is 2.91. The van der Waals surface area contributed by atoms with Crippen LogP contribution in [0.3, 0.4) is 0 Å². The summed E-state index contributed by atoms with van der Waals surface area (Å²) in [5.74, 6) is 0.498. The lowest BCUT2D eigenvalue weighted by Crippen LogP contribution is -2.39. The maximum absolute atomic E-state index is 12.6. The van der Waals surface area contributed by atoms with Gasteiger partial charge in [-0.1, -0.05) is 6.92 Å². The molecule has 2 unspecified atom stereocenters. The number of hydrogen-bond acceptors (Lipinski definition) is 4. The number of aliphatic hydroxyl groups is 1. The Morgan fingerprint density at radius 1 is 1.52 bits per heavy atom. The van der Waals surface area contributed by atoms with Crippen LogP contribution in [0.15, 0.2) is 18.2 Å². The summed E-state index contributed by atoms with van der Waals surface area (Å²) >= 11 is 0. The van der Waals surface area contributed by atoms with Crippen LogP contribution in [0, 0.1) is 5.92 Å². The highest BCUT2D eigenvalue weighted by molar-refractivity contribution is 5.99. The maximum Gasteiger partial charge on any atom is 0.262 e. The van der Waals surface area contributed by atoms with Crippen molar-refractivity contribution in [2.75, 3.05) is 25.1 Å². The number of anilines is 1. The summed E-state index contributed by atoms with van der Waals surface area (Å²) in [4.78, 5) is 25.5. The predicted molar refractivity (Wildman–Crippen MR) is 76.3 cm³/mol. The van der Waals surface area contributed by atoms with Crippen molar-refractivity contribution in [1.82, 2.24) is 4.90 Å². The highest BCUT2D eigenvalue weighted by atomic mass is 16.5. The second kappa shape index (κ2) is 5.37. The molecule has 0 spiro atoms. The Hall–Kier alpha value is -2.08. The van der Waals surface area contributed by atoms with E-state index in [-0.39, 0.29) is 31.1 Å². The zero-order valence-electron chi connectivity index (χ0n) is 11.8. The van der Waals surface area contributed by atoms with Gasteiger partial charge in [-0.2, -0.15) is 0 Å². The number of hydrogen-bond donors (Lipinski definition) is 2. The van der Waals surface area contributed by atoms with Crippen LogP contribution in [0.4, 0.5) is 5.69 Å². The van der Waals surface area contributed by atoms with Crippen LogP contribution < -0.4 is 10.1 Å². The first-order valence-electron chi connectivity index (χ1n) is 7.08. The quantitative estimate of drug-likeness (QED) is 0.847. The standard InChI is InChI=1S/C15H18N2O4/c1-9-4-5-17(12(9)7-18)15(20)10-2-3-11-13(6-10)21-8-14(19)16-11/h2-3,6,9,12,18H,4-5,7-8H2,1H3,(H,16,19). The van der Waals surface area contributed by atoms with Gasteiger partial charge in [0, 0.05) is 12.1 Å². The second-order valence-electron chi connectivity index (χ2n) is 5.56. The van der Waals surface area contributed by atoms with E-state index < -0.39 is 0 Å². The van der Waals surface area contributed by atoms with Gasteiger partial charge in [0.05, 0.1) is 18.3 Å². The topological polar surface area (TPSA) is 78.9 Å². The molecule has 2 aliphatic rings. The summed E-state index contributed by atoms with van der Waals surface area (Å²) in [6, 6.07) is 4.86. The van der Waals surface area contributed by atoms with Crippen molar-refractivity contribution in [1.29, 1.82) is 0 Å². The van der Waals surface area contributed by atoms with Gasteiger partial charge in [0.1, 0.15) is 5.75 Å². The molecule has 0 aliphatic carbocycles. The molecule has 6 heteroatoms. The number of amides is 2. The largest absolute Gasteiger partial charge is 0.482 e. The van der Waals surface area contributed by atoms with E-state index in [4.69, 9.17) is 4.74 Å². The Balaban J connectivity index is 1.84. The molecule has 2 aliphatic heterocycles. The molecule has 0 radical (unpaired) electrons. The number of rotatable bonds is 2. The van der Waals surface area contributed by atoms with Gasteiger partial charge in [-0.05, 0) is 30.5 Å². The zero-order valence-corrected chi connectivity index (χ0v) is 11.8. The Kier molecular flexibility index (Phi) is 3.55. The molecule has 1 fully saturated rings. The van der Waals surface area contributed by atoms with Gasteiger partial charge in [0.2, 0.25) is 0 Å². The Bertz CT molecular complexity index is 587. The van der Waals surface area contributed by atoms with Crippen molar-refractivity contribution >= 4 is 17.5 Å². The first kappa shape index (κ1) is 13.9.